The molecule has 2 aliphatic rings. The average Bonchev–Trinajstić information content (AvgIpc) is 3.43. The predicted octanol–water partition coefficient (Wildman–Crippen LogP) is 2.91. The lowest BCUT2D eigenvalue weighted by Crippen LogP contribution is -2.36. The summed E-state index contributed by atoms with van der Waals surface area (Å²) in [5.74, 6) is 1.50. The quantitative estimate of drug-likeness (QED) is 0.630. The van der Waals surface area contributed by atoms with Gasteiger partial charge >= 0.3 is 0 Å². The molecular weight excluding hydrogens is 414 g/mol. The second-order valence-electron chi connectivity index (χ2n) is 8.14. The number of rotatable bonds is 5. The molecule has 0 saturated heterocycles. The van der Waals surface area contributed by atoms with Crippen LogP contribution in [0.3, 0.4) is 0 Å². The molecule has 0 aliphatic carbocycles. The van der Waals surface area contributed by atoms with Crippen LogP contribution >= 0.6 is 0 Å². The van der Waals surface area contributed by atoms with E-state index >= 15 is 0 Å². The molecule has 8 nitrogen and oxygen atoms in total. The number of hydrazine groups is 1. The largest absolute Gasteiger partial charge is 0.423 e. The topological polar surface area (TPSA) is 105 Å². The zero-order valence-electron chi connectivity index (χ0n) is 18.6. The van der Waals surface area contributed by atoms with Gasteiger partial charge in [0.05, 0.1) is 12.0 Å². The van der Waals surface area contributed by atoms with Crippen molar-refractivity contribution >= 4 is 0 Å². The van der Waals surface area contributed by atoms with Gasteiger partial charge in [-0.2, -0.15) is 5.26 Å². The van der Waals surface area contributed by atoms with Crippen molar-refractivity contribution in [2.24, 2.45) is 5.73 Å². The number of hydrogen-bond acceptors (Lipinski definition) is 7. The van der Waals surface area contributed by atoms with Gasteiger partial charge in [0.15, 0.2) is 0 Å². The van der Waals surface area contributed by atoms with Gasteiger partial charge in [0.25, 0.3) is 0 Å². The zero-order chi connectivity index (χ0) is 22.9. The number of aryl methyl sites for hydroxylation is 1. The Hall–Kier alpha value is -4.09. The lowest BCUT2D eigenvalue weighted by atomic mass is 9.80. The van der Waals surface area contributed by atoms with E-state index in [9.17, 15) is 5.26 Å². The third-order valence-corrected chi connectivity index (χ3v) is 6.20. The molecule has 0 amide bonds. The van der Waals surface area contributed by atoms with Gasteiger partial charge < -0.3 is 15.0 Å². The summed E-state index contributed by atoms with van der Waals surface area (Å²) in [6, 6.07) is 14.5. The van der Waals surface area contributed by atoms with Crippen molar-refractivity contribution in [1.82, 2.24) is 25.0 Å². The van der Waals surface area contributed by atoms with Gasteiger partial charge in [-0.3, -0.25) is 9.99 Å². The molecule has 166 valence electrons. The zero-order valence-corrected chi connectivity index (χ0v) is 18.6. The number of nitriles is 1. The van der Waals surface area contributed by atoms with E-state index in [1.807, 2.05) is 36.6 Å². The molecule has 2 unspecified atom stereocenters. The van der Waals surface area contributed by atoms with Gasteiger partial charge in [0.2, 0.25) is 11.8 Å². The van der Waals surface area contributed by atoms with Crippen molar-refractivity contribution in [1.29, 1.82) is 5.26 Å². The Morgan fingerprint density at radius 3 is 2.61 bits per heavy atom. The van der Waals surface area contributed by atoms with Crippen molar-refractivity contribution in [3.8, 4) is 11.8 Å². The van der Waals surface area contributed by atoms with Crippen molar-refractivity contribution in [3.05, 3.63) is 101 Å². The highest BCUT2D eigenvalue weighted by atomic mass is 16.5. The van der Waals surface area contributed by atoms with E-state index in [2.05, 4.69) is 57.2 Å². The van der Waals surface area contributed by atoms with Crippen LogP contribution in [0.2, 0.25) is 0 Å². The lowest BCUT2D eigenvalue weighted by Gasteiger charge is -2.28. The van der Waals surface area contributed by atoms with E-state index in [0.717, 1.165) is 41.1 Å². The van der Waals surface area contributed by atoms with E-state index < -0.39 is 0 Å². The molecule has 2 aromatic heterocycles. The van der Waals surface area contributed by atoms with Crippen molar-refractivity contribution in [2.45, 2.75) is 31.7 Å². The summed E-state index contributed by atoms with van der Waals surface area (Å²) >= 11 is 0. The minimum atomic E-state index is -0.300. The fourth-order valence-corrected chi connectivity index (χ4v) is 4.65. The molecule has 33 heavy (non-hydrogen) atoms. The van der Waals surface area contributed by atoms with Crippen LogP contribution in [-0.4, -0.2) is 32.6 Å². The average molecular weight is 440 g/mol. The van der Waals surface area contributed by atoms with E-state index in [-0.39, 0.29) is 17.8 Å². The highest BCUT2D eigenvalue weighted by Crippen LogP contribution is 2.44. The van der Waals surface area contributed by atoms with Crippen LogP contribution in [0.4, 0.5) is 0 Å². The van der Waals surface area contributed by atoms with Crippen molar-refractivity contribution in [2.75, 3.05) is 7.05 Å². The summed E-state index contributed by atoms with van der Waals surface area (Å²) in [6.07, 6.45) is 8.92. The number of benzene rings is 1. The molecule has 0 fully saturated rings. The molecule has 2 atom stereocenters. The molecule has 1 aromatic carbocycles. The maximum atomic E-state index is 9.98. The van der Waals surface area contributed by atoms with Crippen LogP contribution in [0.1, 0.15) is 29.8 Å². The normalized spacial score (nSPS) is 20.0. The number of nitrogens with two attached hydrogens (primary N) is 1. The fourth-order valence-electron chi connectivity index (χ4n) is 4.65. The Bertz CT molecular complexity index is 1270. The molecule has 2 aliphatic heterocycles. The number of aromatic nitrogens is 3. The summed E-state index contributed by atoms with van der Waals surface area (Å²) in [5, 5.41) is 11.8. The molecule has 0 saturated carbocycles. The van der Waals surface area contributed by atoms with Crippen LogP contribution in [-0.2, 0) is 17.6 Å². The third kappa shape index (κ3) is 3.62. The van der Waals surface area contributed by atoms with E-state index in [1.165, 1.54) is 0 Å². The highest BCUT2D eigenvalue weighted by Gasteiger charge is 2.42. The molecule has 3 N–H and O–H groups in total. The third-order valence-electron chi connectivity index (χ3n) is 6.20. The molecule has 5 rings (SSSR count). The standard InChI is InChI=1S/C25H25N7O/c1-3-21-29-12-13-32(21)18-6-4-17(5-7-18)22-19(15-26)24(27)33-25-23(22)20(30-31(25)2)14-16-8-10-28-11-9-16/h4-13,20,22,30H,3,14,27H2,1-2H3. The second kappa shape index (κ2) is 8.45. The van der Waals surface area contributed by atoms with Gasteiger partial charge in [0.1, 0.15) is 17.5 Å². The first-order valence-electron chi connectivity index (χ1n) is 10.9. The maximum absolute atomic E-state index is 9.98. The summed E-state index contributed by atoms with van der Waals surface area (Å²) in [6.45, 7) is 2.09. The molecule has 0 spiro atoms. The smallest absolute Gasteiger partial charge is 0.213 e. The number of allylic oxidation sites excluding steroid dienone is 1. The molecule has 0 bridgehead atoms. The molecule has 4 heterocycles. The van der Waals surface area contributed by atoms with Crippen LogP contribution in [0.15, 0.2) is 84.1 Å². The van der Waals surface area contributed by atoms with Crippen molar-refractivity contribution in [3.63, 3.8) is 0 Å². The first kappa shape index (κ1) is 20.8. The van der Waals surface area contributed by atoms with Crippen molar-refractivity contribution < 1.29 is 4.74 Å². The highest BCUT2D eigenvalue weighted by molar-refractivity contribution is 5.53. The van der Waals surface area contributed by atoms with Gasteiger partial charge in [-0.15, -0.1) is 0 Å². The first-order chi connectivity index (χ1) is 16.1. The monoisotopic (exact) mass is 439 g/mol. The minimum absolute atomic E-state index is 0.0473. The van der Waals surface area contributed by atoms with Crippen LogP contribution in [0.5, 0.6) is 0 Å². The number of nitrogens with one attached hydrogen (secondary N) is 1. The Morgan fingerprint density at radius 2 is 1.91 bits per heavy atom. The van der Waals surface area contributed by atoms with Crippen LogP contribution in [0, 0.1) is 11.3 Å². The minimum Gasteiger partial charge on any atom is -0.423 e. The molecular formula is C25H25N7O. The Balaban J connectivity index is 1.55. The van der Waals surface area contributed by atoms with E-state index in [4.69, 9.17) is 10.5 Å². The fraction of sp³-hybridized carbons (Fsp3) is 0.240. The number of nitrogens with zero attached hydrogens (tertiary/aromatic N) is 5. The van der Waals surface area contributed by atoms with E-state index in [1.54, 1.807) is 12.4 Å². The van der Waals surface area contributed by atoms with Crippen LogP contribution in [0.25, 0.3) is 5.69 Å². The summed E-state index contributed by atoms with van der Waals surface area (Å²) in [7, 11) is 1.90. The Labute approximate surface area is 192 Å². The summed E-state index contributed by atoms with van der Waals surface area (Å²) in [4.78, 5) is 8.53. The lowest BCUT2D eigenvalue weighted by molar-refractivity contribution is 0.153. The molecule has 8 heteroatoms. The number of hydrogen-bond donors (Lipinski definition) is 2. The van der Waals surface area contributed by atoms with E-state index in [0.29, 0.717) is 11.5 Å². The Kier molecular flexibility index (Phi) is 5.32. The van der Waals surface area contributed by atoms with Crippen LogP contribution < -0.4 is 11.2 Å². The summed E-state index contributed by atoms with van der Waals surface area (Å²) < 4.78 is 7.99. The maximum Gasteiger partial charge on any atom is 0.213 e. The van der Waals surface area contributed by atoms with Gasteiger partial charge in [-0.25, -0.2) is 10.4 Å². The Morgan fingerprint density at radius 1 is 1.15 bits per heavy atom. The number of imidazole rings is 1. The van der Waals surface area contributed by atoms with Gasteiger partial charge in [-0.1, -0.05) is 19.1 Å². The SMILES string of the molecule is CCc1nccn1-c1ccc(C2C(C#N)=C(N)OC3=C2C(Cc2ccncc2)NN3C)cc1. The van der Waals surface area contributed by atoms with Gasteiger partial charge in [-0.05, 0) is 41.8 Å². The molecule has 0 radical (unpaired) electrons. The summed E-state index contributed by atoms with van der Waals surface area (Å²) in [5.41, 5.74) is 14.3. The molecule has 3 aromatic rings. The number of pyridine rings is 1. The predicted molar refractivity (Wildman–Crippen MR) is 123 cm³/mol. The number of ether oxygens (including phenoxy) is 1. The second-order valence-corrected chi connectivity index (χ2v) is 8.14. The van der Waals surface area contributed by atoms with Gasteiger partial charge in [0, 0.05) is 49.5 Å². The first-order valence-corrected chi connectivity index (χ1v) is 10.9.